The first-order valence-corrected chi connectivity index (χ1v) is 7.24. The topological polar surface area (TPSA) is 98.5 Å². The van der Waals surface area contributed by atoms with E-state index in [1.165, 1.54) is 6.07 Å². The van der Waals surface area contributed by atoms with Gasteiger partial charge in [-0.05, 0) is 31.5 Å². The fraction of sp³-hybridized carbons (Fsp3) is 0.417. The molecule has 7 heteroatoms. The lowest BCUT2D eigenvalue weighted by Gasteiger charge is -2.11. The lowest BCUT2D eigenvalue weighted by Crippen LogP contribution is -2.31. The van der Waals surface area contributed by atoms with Crippen molar-refractivity contribution >= 4 is 15.9 Å². The van der Waals surface area contributed by atoms with E-state index < -0.39 is 10.0 Å². The molecule has 6 nitrogen and oxygen atoms in total. The van der Waals surface area contributed by atoms with Crippen LogP contribution < -0.4 is 10.5 Å². The molecule has 1 rings (SSSR count). The van der Waals surface area contributed by atoms with E-state index in [-0.39, 0.29) is 22.5 Å². The van der Waals surface area contributed by atoms with Gasteiger partial charge in [-0.2, -0.15) is 0 Å². The Bertz CT molecular complexity index is 569. The van der Waals surface area contributed by atoms with E-state index in [0.29, 0.717) is 12.1 Å². The third kappa shape index (κ3) is 4.30. The third-order valence-electron chi connectivity index (χ3n) is 2.71. The summed E-state index contributed by atoms with van der Waals surface area (Å²) in [5.41, 5.74) is 0.752. The highest BCUT2D eigenvalue weighted by Crippen LogP contribution is 2.15. The van der Waals surface area contributed by atoms with Gasteiger partial charge in [-0.1, -0.05) is 6.07 Å². The number of rotatable bonds is 5. The number of hydrogen-bond acceptors (Lipinski definition) is 4. The van der Waals surface area contributed by atoms with Crippen molar-refractivity contribution < 1.29 is 17.9 Å². The maximum Gasteiger partial charge on any atom is 0.251 e. The highest BCUT2D eigenvalue weighted by molar-refractivity contribution is 7.89. The van der Waals surface area contributed by atoms with Crippen molar-refractivity contribution in [1.82, 2.24) is 5.32 Å². The first kappa shape index (κ1) is 15.6. The SMILES string of the molecule is COC(C)CNC(=O)c1ccc(C)c(S(N)(=O)=O)c1. The van der Waals surface area contributed by atoms with Crippen LogP contribution in [0.2, 0.25) is 0 Å². The van der Waals surface area contributed by atoms with Crippen LogP contribution in [0.5, 0.6) is 0 Å². The number of carbonyl (C=O) groups is 1. The number of ether oxygens (including phenoxy) is 1. The molecule has 0 fully saturated rings. The van der Waals surface area contributed by atoms with Crippen molar-refractivity contribution in [3.63, 3.8) is 0 Å². The number of nitrogens with one attached hydrogen (secondary N) is 1. The number of nitrogens with two attached hydrogens (primary N) is 1. The summed E-state index contributed by atoms with van der Waals surface area (Å²) in [6, 6.07) is 4.38. The van der Waals surface area contributed by atoms with Crippen molar-refractivity contribution in [2.45, 2.75) is 24.8 Å². The summed E-state index contributed by atoms with van der Waals surface area (Å²) in [6.45, 7) is 3.77. The molecule has 1 aromatic rings. The van der Waals surface area contributed by atoms with Crippen LogP contribution in [0.3, 0.4) is 0 Å². The number of primary sulfonamides is 1. The van der Waals surface area contributed by atoms with Crippen molar-refractivity contribution in [2.24, 2.45) is 5.14 Å². The predicted molar refractivity (Wildman–Crippen MR) is 71.4 cm³/mol. The van der Waals surface area contributed by atoms with E-state index in [2.05, 4.69) is 5.32 Å². The molecule has 0 radical (unpaired) electrons. The molecular weight excluding hydrogens is 268 g/mol. The maximum absolute atomic E-state index is 11.9. The Morgan fingerprint density at radius 3 is 2.63 bits per heavy atom. The molecule has 1 aromatic carbocycles. The Labute approximate surface area is 113 Å². The van der Waals surface area contributed by atoms with Crippen LogP contribution in [-0.4, -0.2) is 34.1 Å². The van der Waals surface area contributed by atoms with Gasteiger partial charge < -0.3 is 10.1 Å². The van der Waals surface area contributed by atoms with Crippen LogP contribution in [0.15, 0.2) is 23.1 Å². The molecule has 0 spiro atoms. The second kappa shape index (κ2) is 6.14. The summed E-state index contributed by atoms with van der Waals surface area (Å²) >= 11 is 0. The third-order valence-corrected chi connectivity index (χ3v) is 3.76. The van der Waals surface area contributed by atoms with Crippen molar-refractivity contribution in [3.8, 4) is 0 Å². The lowest BCUT2D eigenvalue weighted by atomic mass is 10.1. The Hall–Kier alpha value is -1.44. The first-order valence-electron chi connectivity index (χ1n) is 5.70. The van der Waals surface area contributed by atoms with Crippen molar-refractivity contribution in [2.75, 3.05) is 13.7 Å². The van der Waals surface area contributed by atoms with E-state index in [1.807, 2.05) is 6.92 Å². The molecule has 0 bridgehead atoms. The fourth-order valence-electron chi connectivity index (χ4n) is 1.47. The van der Waals surface area contributed by atoms with Crippen molar-refractivity contribution in [1.29, 1.82) is 0 Å². The summed E-state index contributed by atoms with van der Waals surface area (Å²) < 4.78 is 27.7. The summed E-state index contributed by atoms with van der Waals surface area (Å²) in [6.07, 6.45) is -0.118. The quantitative estimate of drug-likeness (QED) is 0.819. The number of hydrogen-bond donors (Lipinski definition) is 2. The number of amides is 1. The maximum atomic E-state index is 11.9. The normalized spacial score (nSPS) is 13.1. The molecule has 0 aliphatic heterocycles. The summed E-state index contributed by atoms with van der Waals surface area (Å²) in [4.78, 5) is 11.8. The number of carbonyl (C=O) groups excluding carboxylic acids is 1. The molecule has 0 saturated heterocycles. The lowest BCUT2D eigenvalue weighted by molar-refractivity contribution is 0.0870. The van der Waals surface area contributed by atoms with Gasteiger partial charge in [0.1, 0.15) is 0 Å². The van der Waals surface area contributed by atoms with Gasteiger partial charge in [0.25, 0.3) is 5.91 Å². The van der Waals surface area contributed by atoms with Gasteiger partial charge in [0.15, 0.2) is 0 Å². The van der Waals surface area contributed by atoms with E-state index in [0.717, 1.165) is 0 Å². The standard InChI is InChI=1S/C12H18N2O4S/c1-8-4-5-10(6-11(8)19(13,16)17)12(15)14-7-9(2)18-3/h4-6,9H,7H2,1-3H3,(H,14,15)(H2,13,16,17). The summed E-state index contributed by atoms with van der Waals surface area (Å²) in [5, 5.41) is 7.74. The van der Waals surface area contributed by atoms with Crippen LogP contribution in [0, 0.1) is 6.92 Å². The monoisotopic (exact) mass is 286 g/mol. The van der Waals surface area contributed by atoms with Gasteiger partial charge in [0, 0.05) is 19.2 Å². The molecule has 0 aliphatic carbocycles. The molecule has 1 amide bonds. The molecule has 3 N–H and O–H groups in total. The largest absolute Gasteiger partial charge is 0.380 e. The van der Waals surface area contributed by atoms with Gasteiger partial charge in [0.2, 0.25) is 10.0 Å². The number of sulfonamides is 1. The zero-order chi connectivity index (χ0) is 14.6. The van der Waals surface area contributed by atoms with Crippen LogP contribution in [0.1, 0.15) is 22.8 Å². The summed E-state index contributed by atoms with van der Waals surface area (Å²) in [7, 11) is -2.29. The van der Waals surface area contributed by atoms with E-state index in [4.69, 9.17) is 9.88 Å². The zero-order valence-electron chi connectivity index (χ0n) is 11.1. The highest BCUT2D eigenvalue weighted by atomic mass is 32.2. The van der Waals surface area contributed by atoms with Gasteiger partial charge >= 0.3 is 0 Å². The van der Waals surface area contributed by atoms with Gasteiger partial charge in [0.05, 0.1) is 11.0 Å². The first-order chi connectivity index (χ1) is 8.75. The summed E-state index contributed by atoms with van der Waals surface area (Å²) in [5.74, 6) is -0.367. The zero-order valence-corrected chi connectivity index (χ0v) is 12.0. The van der Waals surface area contributed by atoms with Gasteiger partial charge in [-0.3, -0.25) is 4.79 Å². The molecule has 0 saturated carbocycles. The average Bonchev–Trinajstić information content (AvgIpc) is 2.34. The predicted octanol–water partition coefficient (Wildman–Crippen LogP) is 0.407. The van der Waals surface area contributed by atoms with Gasteiger partial charge in [-0.25, -0.2) is 13.6 Å². The molecule has 0 heterocycles. The molecule has 1 unspecified atom stereocenters. The Morgan fingerprint density at radius 2 is 2.11 bits per heavy atom. The second-order valence-electron chi connectivity index (χ2n) is 4.28. The van der Waals surface area contributed by atoms with Crippen LogP contribution in [-0.2, 0) is 14.8 Å². The smallest absolute Gasteiger partial charge is 0.251 e. The molecule has 1 atom stereocenters. The second-order valence-corrected chi connectivity index (χ2v) is 5.81. The van der Waals surface area contributed by atoms with Crippen LogP contribution in [0.25, 0.3) is 0 Å². The minimum atomic E-state index is -3.83. The number of aryl methyl sites for hydroxylation is 1. The molecule has 19 heavy (non-hydrogen) atoms. The highest BCUT2D eigenvalue weighted by Gasteiger charge is 2.15. The molecule has 0 aromatic heterocycles. The molecule has 106 valence electrons. The minimum absolute atomic E-state index is 0.0417. The average molecular weight is 286 g/mol. The minimum Gasteiger partial charge on any atom is -0.380 e. The van der Waals surface area contributed by atoms with Gasteiger partial charge in [-0.15, -0.1) is 0 Å². The molecular formula is C12H18N2O4S. The Morgan fingerprint density at radius 1 is 1.47 bits per heavy atom. The van der Waals surface area contributed by atoms with Crippen LogP contribution >= 0.6 is 0 Å². The molecule has 0 aliphatic rings. The number of benzene rings is 1. The number of methoxy groups -OCH3 is 1. The van der Waals surface area contributed by atoms with E-state index >= 15 is 0 Å². The van der Waals surface area contributed by atoms with E-state index in [1.54, 1.807) is 26.2 Å². The van der Waals surface area contributed by atoms with Crippen LogP contribution in [0.4, 0.5) is 0 Å². The Kier molecular flexibility index (Phi) is 5.04. The Balaban J connectivity index is 2.94. The van der Waals surface area contributed by atoms with Crippen molar-refractivity contribution in [3.05, 3.63) is 29.3 Å². The fourth-order valence-corrected chi connectivity index (χ4v) is 2.28. The van der Waals surface area contributed by atoms with E-state index in [9.17, 15) is 13.2 Å².